The summed E-state index contributed by atoms with van der Waals surface area (Å²) in [6.45, 7) is 1.96. The Kier molecular flexibility index (Phi) is 3.75. The minimum Gasteiger partial charge on any atom is -0.325 e. The Morgan fingerprint density at radius 3 is 2.81 bits per heavy atom. The van der Waals surface area contributed by atoms with E-state index in [0.29, 0.717) is 21.8 Å². The number of nitrogens with one attached hydrogen (secondary N) is 1. The smallest absolute Gasteiger partial charge is 0.228 e. The molecule has 1 amide bonds. The van der Waals surface area contributed by atoms with Crippen molar-refractivity contribution in [1.82, 2.24) is 0 Å². The number of amides is 1. The largest absolute Gasteiger partial charge is 0.325 e. The first-order valence-corrected chi connectivity index (χ1v) is 7.85. The van der Waals surface area contributed by atoms with Gasteiger partial charge < -0.3 is 5.32 Å². The number of carbonyl (C=O) groups is 2. The van der Waals surface area contributed by atoms with Gasteiger partial charge in [0.25, 0.3) is 0 Å². The Bertz CT molecular complexity index is 786. The number of fused-ring (bicyclic) bond motifs is 1. The number of aryl methyl sites for hydroxylation is 1. The SMILES string of the molecule is Cc1cccc(C(=O)c2cc3c(cc2Cl)NC(=O)C3)c1I. The lowest BCUT2D eigenvalue weighted by Crippen LogP contribution is -2.06. The molecule has 0 aliphatic carbocycles. The molecule has 1 aliphatic heterocycles. The van der Waals surface area contributed by atoms with Gasteiger partial charge in [0.05, 0.1) is 11.4 Å². The van der Waals surface area contributed by atoms with Crippen LogP contribution in [0.3, 0.4) is 0 Å². The molecule has 0 radical (unpaired) electrons. The zero-order valence-electron chi connectivity index (χ0n) is 11.2. The van der Waals surface area contributed by atoms with Gasteiger partial charge in [-0.1, -0.05) is 23.7 Å². The second-order valence-electron chi connectivity index (χ2n) is 4.98. The van der Waals surface area contributed by atoms with E-state index in [2.05, 4.69) is 27.9 Å². The van der Waals surface area contributed by atoms with Crippen molar-refractivity contribution in [2.75, 3.05) is 5.32 Å². The molecule has 2 aromatic carbocycles. The molecule has 0 saturated heterocycles. The summed E-state index contributed by atoms with van der Waals surface area (Å²) in [6, 6.07) is 8.99. The fourth-order valence-corrected chi connectivity index (χ4v) is 3.24. The highest BCUT2D eigenvalue weighted by Crippen LogP contribution is 2.32. The number of hydrogen-bond acceptors (Lipinski definition) is 2. The van der Waals surface area contributed by atoms with Crippen molar-refractivity contribution >= 4 is 51.6 Å². The van der Waals surface area contributed by atoms with Crippen molar-refractivity contribution in [2.24, 2.45) is 0 Å². The standard InChI is InChI=1S/C16H11ClINO2/c1-8-3-2-4-10(15(8)18)16(21)11-5-9-6-14(20)19-13(9)7-12(11)17/h2-5,7H,6H2,1H3,(H,19,20). The summed E-state index contributed by atoms with van der Waals surface area (Å²) in [4.78, 5) is 24.1. The lowest BCUT2D eigenvalue weighted by Gasteiger charge is -2.09. The van der Waals surface area contributed by atoms with Crippen molar-refractivity contribution < 1.29 is 9.59 Å². The van der Waals surface area contributed by atoms with Crippen LogP contribution < -0.4 is 5.32 Å². The van der Waals surface area contributed by atoms with Crippen molar-refractivity contribution in [3.8, 4) is 0 Å². The average molecular weight is 412 g/mol. The molecule has 106 valence electrons. The molecule has 0 atom stereocenters. The molecule has 2 aromatic rings. The van der Waals surface area contributed by atoms with E-state index < -0.39 is 0 Å². The normalized spacial score (nSPS) is 13.0. The fourth-order valence-electron chi connectivity index (χ4n) is 2.39. The van der Waals surface area contributed by atoms with Crippen LogP contribution in [0.4, 0.5) is 5.69 Å². The van der Waals surface area contributed by atoms with Gasteiger partial charge in [-0.2, -0.15) is 0 Å². The van der Waals surface area contributed by atoms with E-state index in [4.69, 9.17) is 11.6 Å². The summed E-state index contributed by atoms with van der Waals surface area (Å²) in [7, 11) is 0. The second kappa shape index (κ2) is 5.42. The Hall–Kier alpha value is -1.40. The molecule has 1 heterocycles. The Balaban J connectivity index is 2.09. The molecule has 0 aromatic heterocycles. The predicted octanol–water partition coefficient (Wildman–Crippen LogP) is 3.98. The van der Waals surface area contributed by atoms with Crippen molar-refractivity contribution in [1.29, 1.82) is 0 Å². The molecule has 1 N–H and O–H groups in total. The van der Waals surface area contributed by atoms with E-state index in [0.717, 1.165) is 14.7 Å². The average Bonchev–Trinajstić information content (AvgIpc) is 2.79. The van der Waals surface area contributed by atoms with Gasteiger partial charge in [-0.3, -0.25) is 9.59 Å². The summed E-state index contributed by atoms with van der Waals surface area (Å²) in [6.07, 6.45) is 0.289. The third kappa shape index (κ3) is 2.58. The Morgan fingerprint density at radius 2 is 2.05 bits per heavy atom. The van der Waals surface area contributed by atoms with E-state index in [-0.39, 0.29) is 18.1 Å². The van der Waals surface area contributed by atoms with E-state index >= 15 is 0 Å². The molecule has 0 saturated carbocycles. The highest BCUT2D eigenvalue weighted by Gasteiger charge is 2.23. The molecule has 0 unspecified atom stereocenters. The molecular formula is C16H11ClINO2. The minimum absolute atomic E-state index is 0.0733. The highest BCUT2D eigenvalue weighted by molar-refractivity contribution is 14.1. The van der Waals surface area contributed by atoms with Crippen LogP contribution in [0, 0.1) is 10.5 Å². The van der Waals surface area contributed by atoms with Gasteiger partial charge in [0, 0.05) is 20.4 Å². The number of anilines is 1. The number of hydrogen-bond donors (Lipinski definition) is 1. The van der Waals surface area contributed by atoms with Gasteiger partial charge in [0.2, 0.25) is 5.91 Å². The third-order valence-corrected chi connectivity index (χ3v) is 5.24. The molecule has 3 rings (SSSR count). The van der Waals surface area contributed by atoms with Crippen molar-refractivity contribution in [2.45, 2.75) is 13.3 Å². The van der Waals surface area contributed by atoms with Crippen LogP contribution in [0.25, 0.3) is 0 Å². The number of carbonyl (C=O) groups excluding carboxylic acids is 2. The quantitative estimate of drug-likeness (QED) is 0.600. The van der Waals surface area contributed by atoms with Crippen LogP contribution in [0.15, 0.2) is 30.3 Å². The van der Waals surface area contributed by atoms with Gasteiger partial charge in [-0.25, -0.2) is 0 Å². The van der Waals surface area contributed by atoms with E-state index in [1.54, 1.807) is 18.2 Å². The second-order valence-corrected chi connectivity index (χ2v) is 6.47. The van der Waals surface area contributed by atoms with Crippen LogP contribution >= 0.6 is 34.2 Å². The fraction of sp³-hybridized carbons (Fsp3) is 0.125. The van der Waals surface area contributed by atoms with Crippen LogP contribution in [0.1, 0.15) is 27.0 Å². The zero-order valence-corrected chi connectivity index (χ0v) is 14.1. The number of ketones is 1. The number of rotatable bonds is 2. The highest BCUT2D eigenvalue weighted by atomic mass is 127. The molecule has 5 heteroatoms. The summed E-state index contributed by atoms with van der Waals surface area (Å²) in [5, 5.41) is 3.09. The van der Waals surface area contributed by atoms with Crippen LogP contribution in [0.2, 0.25) is 5.02 Å². The van der Waals surface area contributed by atoms with Crippen molar-refractivity contribution in [3.63, 3.8) is 0 Å². The van der Waals surface area contributed by atoms with E-state index in [9.17, 15) is 9.59 Å². The molecule has 21 heavy (non-hydrogen) atoms. The summed E-state index contributed by atoms with van der Waals surface area (Å²) >= 11 is 8.39. The summed E-state index contributed by atoms with van der Waals surface area (Å²) in [5.74, 6) is -0.189. The van der Waals surface area contributed by atoms with Gasteiger partial charge in [-0.05, 0) is 58.8 Å². The van der Waals surface area contributed by atoms with Gasteiger partial charge in [0.1, 0.15) is 0 Å². The summed E-state index contributed by atoms with van der Waals surface area (Å²) < 4.78 is 0.922. The van der Waals surface area contributed by atoms with E-state index in [1.165, 1.54) is 0 Å². The first kappa shape index (κ1) is 14.5. The lowest BCUT2D eigenvalue weighted by molar-refractivity contribution is -0.115. The van der Waals surface area contributed by atoms with Gasteiger partial charge in [-0.15, -0.1) is 0 Å². The molecule has 3 nitrogen and oxygen atoms in total. The summed E-state index contributed by atoms with van der Waals surface area (Å²) in [5.41, 5.74) is 3.64. The van der Waals surface area contributed by atoms with Crippen LogP contribution in [0.5, 0.6) is 0 Å². The molecular weight excluding hydrogens is 401 g/mol. The van der Waals surface area contributed by atoms with Gasteiger partial charge >= 0.3 is 0 Å². The van der Waals surface area contributed by atoms with Crippen LogP contribution in [-0.2, 0) is 11.2 Å². The first-order chi connectivity index (χ1) is 9.97. The molecule has 0 bridgehead atoms. The predicted molar refractivity (Wildman–Crippen MR) is 91.1 cm³/mol. The number of halogens is 2. The van der Waals surface area contributed by atoms with Crippen LogP contribution in [-0.4, -0.2) is 11.7 Å². The first-order valence-electron chi connectivity index (χ1n) is 6.39. The topological polar surface area (TPSA) is 46.2 Å². The Morgan fingerprint density at radius 1 is 1.29 bits per heavy atom. The maximum absolute atomic E-state index is 12.7. The van der Waals surface area contributed by atoms with Gasteiger partial charge in [0.15, 0.2) is 5.78 Å². The van der Waals surface area contributed by atoms with Crippen molar-refractivity contribution in [3.05, 3.63) is 61.2 Å². The minimum atomic E-state index is -0.116. The Labute approximate surface area is 140 Å². The number of benzene rings is 2. The maximum atomic E-state index is 12.7. The monoisotopic (exact) mass is 411 g/mol. The zero-order chi connectivity index (χ0) is 15.1. The lowest BCUT2D eigenvalue weighted by atomic mass is 9.99. The molecule has 0 spiro atoms. The molecule has 0 fully saturated rings. The third-order valence-electron chi connectivity index (χ3n) is 3.50. The maximum Gasteiger partial charge on any atom is 0.228 e. The van der Waals surface area contributed by atoms with E-state index in [1.807, 2.05) is 19.1 Å². The molecule has 1 aliphatic rings.